The SMILES string of the molecule is c1ccc(-c2ccc(-c3cc4c5ccc(N(c6ccccc6)c6ccccc6)cc5sc4c4ccccc34)c3sc4ccccc4c23)cc1. The van der Waals surface area contributed by atoms with Crippen LogP contribution in [0.4, 0.5) is 17.1 Å². The maximum Gasteiger partial charge on any atom is 0.0476 e. The molecular formula is C46H29NS2. The van der Waals surface area contributed by atoms with Crippen molar-refractivity contribution >= 4 is 90.9 Å². The van der Waals surface area contributed by atoms with Crippen molar-refractivity contribution in [1.29, 1.82) is 0 Å². The Morgan fingerprint density at radius 1 is 0.327 bits per heavy atom. The predicted molar refractivity (Wildman–Crippen MR) is 215 cm³/mol. The molecule has 0 aliphatic carbocycles. The third kappa shape index (κ3) is 4.58. The van der Waals surface area contributed by atoms with E-state index in [0.717, 1.165) is 17.1 Å². The number of nitrogens with zero attached hydrogens (tertiary/aromatic N) is 1. The van der Waals surface area contributed by atoms with Gasteiger partial charge in [0.25, 0.3) is 0 Å². The van der Waals surface area contributed by atoms with Crippen LogP contribution in [0.1, 0.15) is 0 Å². The van der Waals surface area contributed by atoms with E-state index in [1.54, 1.807) is 0 Å². The van der Waals surface area contributed by atoms with Crippen molar-refractivity contribution in [3.05, 3.63) is 176 Å². The second-order valence-corrected chi connectivity index (χ2v) is 14.6. The molecule has 2 heterocycles. The first-order chi connectivity index (χ1) is 24.3. The van der Waals surface area contributed by atoms with Crippen LogP contribution in [0.3, 0.4) is 0 Å². The number of anilines is 3. The fraction of sp³-hybridized carbons (Fsp3) is 0. The van der Waals surface area contributed by atoms with Crippen LogP contribution in [0.5, 0.6) is 0 Å². The van der Waals surface area contributed by atoms with Gasteiger partial charge >= 0.3 is 0 Å². The van der Waals surface area contributed by atoms with E-state index in [4.69, 9.17) is 0 Å². The molecule has 0 N–H and O–H groups in total. The summed E-state index contributed by atoms with van der Waals surface area (Å²) in [6.07, 6.45) is 0. The molecule has 10 aromatic rings. The topological polar surface area (TPSA) is 3.24 Å². The van der Waals surface area contributed by atoms with E-state index < -0.39 is 0 Å². The number of rotatable bonds is 5. The summed E-state index contributed by atoms with van der Waals surface area (Å²) >= 11 is 3.81. The lowest BCUT2D eigenvalue weighted by molar-refractivity contribution is 1.29. The average Bonchev–Trinajstić information content (AvgIpc) is 3.74. The standard InChI is InChI=1S/C46H29NS2/c1-4-14-30(15-5-1)34-26-27-38(46-44(34)39-22-12-13-23-42(39)48-46)40-29-41-36-25-24-33(28-43(36)49-45(41)37-21-11-10-20-35(37)40)47(31-16-6-2-7-17-31)32-18-8-3-9-19-32/h1-29H. The molecule has 0 bridgehead atoms. The molecule has 0 fully saturated rings. The van der Waals surface area contributed by atoms with E-state index in [-0.39, 0.29) is 0 Å². The molecule has 1 nitrogen and oxygen atoms in total. The van der Waals surface area contributed by atoms with Crippen molar-refractivity contribution in [2.24, 2.45) is 0 Å². The largest absolute Gasteiger partial charge is 0.310 e. The monoisotopic (exact) mass is 659 g/mol. The fourth-order valence-electron chi connectivity index (χ4n) is 7.45. The van der Waals surface area contributed by atoms with Gasteiger partial charge in [0.05, 0.1) is 0 Å². The molecular weight excluding hydrogens is 631 g/mol. The first-order valence-corrected chi connectivity index (χ1v) is 18.2. The first-order valence-electron chi connectivity index (χ1n) is 16.6. The lowest BCUT2D eigenvalue weighted by Crippen LogP contribution is -2.09. The Kier molecular flexibility index (Phi) is 6.61. The van der Waals surface area contributed by atoms with Gasteiger partial charge in [-0.2, -0.15) is 0 Å². The van der Waals surface area contributed by atoms with Gasteiger partial charge in [-0.3, -0.25) is 0 Å². The molecule has 0 saturated carbocycles. The molecule has 0 amide bonds. The van der Waals surface area contributed by atoms with Gasteiger partial charge in [-0.05, 0) is 70.6 Å². The highest BCUT2D eigenvalue weighted by molar-refractivity contribution is 7.27. The van der Waals surface area contributed by atoms with Crippen LogP contribution in [-0.4, -0.2) is 0 Å². The molecule has 3 heteroatoms. The molecule has 230 valence electrons. The zero-order valence-corrected chi connectivity index (χ0v) is 28.1. The highest BCUT2D eigenvalue weighted by atomic mass is 32.1. The van der Waals surface area contributed by atoms with E-state index in [2.05, 4.69) is 181 Å². The van der Waals surface area contributed by atoms with Gasteiger partial charge in [-0.25, -0.2) is 0 Å². The fourth-order valence-corrected chi connectivity index (χ4v) is 9.96. The number of benzene rings is 8. The van der Waals surface area contributed by atoms with Crippen molar-refractivity contribution in [2.45, 2.75) is 0 Å². The van der Waals surface area contributed by atoms with E-state index >= 15 is 0 Å². The smallest absolute Gasteiger partial charge is 0.0476 e. The van der Waals surface area contributed by atoms with Crippen molar-refractivity contribution in [1.82, 2.24) is 0 Å². The van der Waals surface area contributed by atoms with Gasteiger partial charge in [0.2, 0.25) is 0 Å². The maximum atomic E-state index is 2.46. The van der Waals surface area contributed by atoms with Crippen LogP contribution in [0.25, 0.3) is 73.4 Å². The Morgan fingerprint density at radius 3 is 1.65 bits per heavy atom. The molecule has 0 aliphatic heterocycles. The minimum Gasteiger partial charge on any atom is -0.310 e. The van der Waals surface area contributed by atoms with Crippen LogP contribution in [0, 0.1) is 0 Å². The Morgan fingerprint density at radius 2 is 0.918 bits per heavy atom. The number of fused-ring (bicyclic) bond motifs is 8. The maximum absolute atomic E-state index is 2.46. The number of thiophene rings is 2. The average molecular weight is 660 g/mol. The molecule has 0 radical (unpaired) electrons. The highest BCUT2D eigenvalue weighted by Gasteiger charge is 2.20. The van der Waals surface area contributed by atoms with E-state index in [1.165, 1.54) is 73.4 Å². The molecule has 49 heavy (non-hydrogen) atoms. The third-order valence-corrected chi connectivity index (χ3v) is 12.1. The summed E-state index contributed by atoms with van der Waals surface area (Å²) in [7, 11) is 0. The molecule has 0 unspecified atom stereocenters. The Bertz CT molecular complexity index is 2770. The Hall–Kier alpha value is -5.74. The number of hydrogen-bond donors (Lipinski definition) is 0. The molecule has 2 aromatic heterocycles. The number of hydrogen-bond acceptors (Lipinski definition) is 3. The van der Waals surface area contributed by atoms with Crippen LogP contribution in [-0.2, 0) is 0 Å². The van der Waals surface area contributed by atoms with Gasteiger partial charge in [0, 0.05) is 68.4 Å². The van der Waals surface area contributed by atoms with Crippen molar-refractivity contribution in [3.8, 4) is 22.3 Å². The van der Waals surface area contributed by atoms with Crippen LogP contribution < -0.4 is 4.90 Å². The summed E-state index contributed by atoms with van der Waals surface area (Å²) in [5.74, 6) is 0. The van der Waals surface area contributed by atoms with Crippen molar-refractivity contribution in [3.63, 3.8) is 0 Å². The van der Waals surface area contributed by atoms with Crippen LogP contribution in [0.2, 0.25) is 0 Å². The number of para-hydroxylation sites is 2. The third-order valence-electron chi connectivity index (χ3n) is 9.65. The zero-order valence-electron chi connectivity index (χ0n) is 26.5. The zero-order chi connectivity index (χ0) is 32.3. The molecule has 10 rings (SSSR count). The van der Waals surface area contributed by atoms with Crippen molar-refractivity contribution in [2.75, 3.05) is 4.90 Å². The lowest BCUT2D eigenvalue weighted by Gasteiger charge is -2.25. The quantitative estimate of drug-likeness (QED) is 0.178. The minimum absolute atomic E-state index is 1.15. The first kappa shape index (κ1) is 28.3. The van der Waals surface area contributed by atoms with Gasteiger partial charge in [0.15, 0.2) is 0 Å². The molecule has 0 aliphatic rings. The minimum atomic E-state index is 1.15. The van der Waals surface area contributed by atoms with Crippen LogP contribution >= 0.6 is 22.7 Å². The summed E-state index contributed by atoms with van der Waals surface area (Å²) in [6, 6.07) is 64.1. The molecule has 0 saturated heterocycles. The van der Waals surface area contributed by atoms with Gasteiger partial charge in [-0.15, -0.1) is 22.7 Å². The normalized spacial score (nSPS) is 11.7. The summed E-state index contributed by atoms with van der Waals surface area (Å²) in [4.78, 5) is 2.35. The van der Waals surface area contributed by atoms with Gasteiger partial charge in [-0.1, -0.05) is 127 Å². The molecule has 0 atom stereocenters. The lowest BCUT2D eigenvalue weighted by atomic mass is 9.91. The van der Waals surface area contributed by atoms with Crippen LogP contribution in [0.15, 0.2) is 176 Å². The molecule has 0 spiro atoms. The summed E-state index contributed by atoms with van der Waals surface area (Å²) in [6.45, 7) is 0. The second-order valence-electron chi connectivity index (χ2n) is 12.5. The summed E-state index contributed by atoms with van der Waals surface area (Å²) in [5.41, 5.74) is 8.58. The molecule has 8 aromatic carbocycles. The Labute approximate surface area is 292 Å². The van der Waals surface area contributed by atoms with Crippen molar-refractivity contribution < 1.29 is 0 Å². The summed E-state index contributed by atoms with van der Waals surface area (Å²) in [5, 5.41) is 7.88. The second kappa shape index (κ2) is 11.5. The van der Waals surface area contributed by atoms with Gasteiger partial charge in [0.1, 0.15) is 0 Å². The Balaban J connectivity index is 1.22. The summed E-state index contributed by atoms with van der Waals surface area (Å²) < 4.78 is 5.29. The van der Waals surface area contributed by atoms with E-state index in [1.807, 2.05) is 22.7 Å². The van der Waals surface area contributed by atoms with Gasteiger partial charge < -0.3 is 4.90 Å². The van der Waals surface area contributed by atoms with E-state index in [0.29, 0.717) is 0 Å². The highest BCUT2D eigenvalue weighted by Crippen LogP contribution is 2.49. The predicted octanol–water partition coefficient (Wildman–Crippen LogP) is 14.4. The van der Waals surface area contributed by atoms with E-state index in [9.17, 15) is 0 Å².